The number of carbonyl (C=O) groups is 1. The molecule has 1 aromatic carbocycles. The number of likely N-dealkylation sites (tertiary alicyclic amines) is 1. The summed E-state index contributed by atoms with van der Waals surface area (Å²) in [5.41, 5.74) is 2.34. The zero-order valence-corrected chi connectivity index (χ0v) is 18.5. The zero-order chi connectivity index (χ0) is 21.8. The van der Waals surface area contributed by atoms with Crippen LogP contribution in [0.15, 0.2) is 30.5 Å². The summed E-state index contributed by atoms with van der Waals surface area (Å²) in [6.45, 7) is 7.85. The number of aromatic hydroxyl groups is 1. The van der Waals surface area contributed by atoms with Gasteiger partial charge in [-0.05, 0) is 36.8 Å². The molecule has 2 aromatic rings. The van der Waals surface area contributed by atoms with E-state index in [0.29, 0.717) is 28.9 Å². The number of rotatable bonds is 6. The van der Waals surface area contributed by atoms with Crippen molar-refractivity contribution in [2.24, 2.45) is 11.8 Å². The molecule has 0 saturated carbocycles. The number of benzene rings is 1. The third-order valence-electron chi connectivity index (χ3n) is 5.83. The van der Waals surface area contributed by atoms with E-state index in [9.17, 15) is 9.90 Å². The van der Waals surface area contributed by atoms with Gasteiger partial charge in [0.15, 0.2) is 0 Å². The summed E-state index contributed by atoms with van der Waals surface area (Å²) in [7, 11) is 3.09. The Balaban J connectivity index is 2.00. The number of pyridine rings is 1. The first-order valence-corrected chi connectivity index (χ1v) is 10.5. The SMILES string of the molecule is COc1cc(O)c(C(CC(=O)N2C[C@H](C)C[C@H](C)C2)c2ccc(C)nc2)c(OC)c1. The maximum atomic E-state index is 13.3. The Morgan fingerprint density at radius 3 is 2.47 bits per heavy atom. The van der Waals surface area contributed by atoms with Crippen molar-refractivity contribution in [3.8, 4) is 17.2 Å². The van der Waals surface area contributed by atoms with Crippen LogP contribution in [0.4, 0.5) is 0 Å². The Morgan fingerprint density at radius 1 is 1.20 bits per heavy atom. The molecule has 1 aliphatic heterocycles. The summed E-state index contributed by atoms with van der Waals surface area (Å²) in [5, 5.41) is 10.8. The Labute approximate surface area is 178 Å². The number of phenols is 1. The number of piperidine rings is 1. The lowest BCUT2D eigenvalue weighted by Gasteiger charge is -2.36. The van der Waals surface area contributed by atoms with Gasteiger partial charge in [0.2, 0.25) is 5.91 Å². The lowest BCUT2D eigenvalue weighted by molar-refractivity contribution is -0.134. The maximum absolute atomic E-state index is 13.3. The minimum atomic E-state index is -0.376. The first-order valence-electron chi connectivity index (χ1n) is 10.5. The van der Waals surface area contributed by atoms with Crippen molar-refractivity contribution in [2.75, 3.05) is 27.3 Å². The van der Waals surface area contributed by atoms with Gasteiger partial charge in [-0.3, -0.25) is 9.78 Å². The van der Waals surface area contributed by atoms with Gasteiger partial charge in [0.05, 0.1) is 14.2 Å². The molecule has 1 saturated heterocycles. The van der Waals surface area contributed by atoms with Crippen LogP contribution in [0.2, 0.25) is 0 Å². The standard InChI is InChI=1S/C24H32N2O4/c1-15-8-16(2)14-26(13-15)23(28)11-20(18-7-6-17(3)25-12-18)24-21(27)9-19(29-4)10-22(24)30-5/h6-7,9-10,12,15-16,20,27H,8,11,13-14H2,1-5H3/t15-,16+,20?. The van der Waals surface area contributed by atoms with Gasteiger partial charge >= 0.3 is 0 Å². The molecule has 30 heavy (non-hydrogen) atoms. The van der Waals surface area contributed by atoms with Crippen LogP contribution < -0.4 is 9.47 Å². The van der Waals surface area contributed by atoms with Crippen molar-refractivity contribution in [3.63, 3.8) is 0 Å². The van der Waals surface area contributed by atoms with Crippen LogP contribution in [0.1, 0.15) is 49.4 Å². The molecule has 162 valence electrons. The summed E-state index contributed by atoms with van der Waals surface area (Å²) in [6.07, 6.45) is 3.15. The van der Waals surface area contributed by atoms with Crippen LogP contribution in [0, 0.1) is 18.8 Å². The second-order valence-corrected chi connectivity index (χ2v) is 8.50. The summed E-state index contributed by atoms with van der Waals surface area (Å²) in [5.74, 6) is 1.71. The fourth-order valence-electron chi connectivity index (χ4n) is 4.47. The van der Waals surface area contributed by atoms with E-state index >= 15 is 0 Å². The summed E-state index contributed by atoms with van der Waals surface area (Å²) in [4.78, 5) is 19.7. The molecule has 1 N–H and O–H groups in total. The molecule has 3 atom stereocenters. The van der Waals surface area contributed by atoms with E-state index in [1.165, 1.54) is 7.11 Å². The van der Waals surface area contributed by atoms with Gasteiger partial charge < -0.3 is 19.5 Å². The Bertz CT molecular complexity index is 872. The van der Waals surface area contributed by atoms with E-state index in [4.69, 9.17) is 9.47 Å². The molecular weight excluding hydrogens is 380 g/mol. The highest BCUT2D eigenvalue weighted by atomic mass is 16.5. The van der Waals surface area contributed by atoms with Crippen LogP contribution in [-0.2, 0) is 4.79 Å². The fraction of sp³-hybridized carbons (Fsp3) is 0.500. The molecule has 0 aliphatic carbocycles. The van der Waals surface area contributed by atoms with Gasteiger partial charge in [0, 0.05) is 55.0 Å². The number of nitrogens with zero attached hydrogens (tertiary/aromatic N) is 2. The predicted molar refractivity (Wildman–Crippen MR) is 116 cm³/mol. The lowest BCUT2D eigenvalue weighted by atomic mass is 9.86. The predicted octanol–water partition coefficient (Wildman–Crippen LogP) is 4.14. The highest BCUT2D eigenvalue weighted by molar-refractivity contribution is 5.78. The number of aryl methyl sites for hydroxylation is 1. The molecule has 6 nitrogen and oxygen atoms in total. The quantitative estimate of drug-likeness (QED) is 0.772. The van der Waals surface area contributed by atoms with Gasteiger partial charge in [0.1, 0.15) is 17.2 Å². The molecule has 2 heterocycles. The van der Waals surface area contributed by atoms with Crippen molar-refractivity contribution >= 4 is 5.91 Å². The molecule has 1 aliphatic rings. The first-order chi connectivity index (χ1) is 14.3. The Morgan fingerprint density at radius 2 is 1.90 bits per heavy atom. The van der Waals surface area contributed by atoms with E-state index in [-0.39, 0.29) is 24.0 Å². The van der Waals surface area contributed by atoms with Crippen LogP contribution in [-0.4, -0.2) is 48.2 Å². The third kappa shape index (κ3) is 4.86. The summed E-state index contributed by atoms with van der Waals surface area (Å²) in [6, 6.07) is 7.18. The monoisotopic (exact) mass is 412 g/mol. The normalized spacial score (nSPS) is 20.0. The summed E-state index contributed by atoms with van der Waals surface area (Å²) >= 11 is 0. The molecule has 3 rings (SSSR count). The van der Waals surface area contributed by atoms with Crippen LogP contribution >= 0.6 is 0 Å². The smallest absolute Gasteiger partial charge is 0.223 e. The Hall–Kier alpha value is -2.76. The zero-order valence-electron chi connectivity index (χ0n) is 18.5. The molecule has 0 bridgehead atoms. The van der Waals surface area contributed by atoms with E-state index in [0.717, 1.165) is 30.8 Å². The number of carbonyl (C=O) groups excluding carboxylic acids is 1. The van der Waals surface area contributed by atoms with Crippen LogP contribution in [0.5, 0.6) is 17.2 Å². The van der Waals surface area contributed by atoms with Crippen molar-refractivity contribution in [1.82, 2.24) is 9.88 Å². The van der Waals surface area contributed by atoms with E-state index in [1.807, 2.05) is 24.0 Å². The molecule has 0 spiro atoms. The second-order valence-electron chi connectivity index (χ2n) is 8.50. The largest absolute Gasteiger partial charge is 0.507 e. The average molecular weight is 413 g/mol. The van der Waals surface area contributed by atoms with Crippen LogP contribution in [0.3, 0.4) is 0 Å². The number of ether oxygens (including phenoxy) is 2. The molecule has 1 aromatic heterocycles. The summed E-state index contributed by atoms with van der Waals surface area (Å²) < 4.78 is 10.8. The number of methoxy groups -OCH3 is 2. The topological polar surface area (TPSA) is 71.9 Å². The minimum absolute atomic E-state index is 0.0463. The highest BCUT2D eigenvalue weighted by Crippen LogP contribution is 2.43. The van der Waals surface area contributed by atoms with Gasteiger partial charge in [-0.25, -0.2) is 0 Å². The van der Waals surface area contributed by atoms with Crippen molar-refractivity contribution in [2.45, 2.75) is 39.5 Å². The molecule has 6 heteroatoms. The van der Waals surface area contributed by atoms with E-state index < -0.39 is 0 Å². The Kier molecular flexibility index (Phi) is 6.85. The number of aromatic nitrogens is 1. The minimum Gasteiger partial charge on any atom is -0.507 e. The van der Waals surface area contributed by atoms with Crippen LogP contribution in [0.25, 0.3) is 0 Å². The molecule has 0 radical (unpaired) electrons. The highest BCUT2D eigenvalue weighted by Gasteiger charge is 2.31. The number of hydrogen-bond donors (Lipinski definition) is 1. The number of hydrogen-bond acceptors (Lipinski definition) is 5. The molecule has 1 unspecified atom stereocenters. The molecule has 1 amide bonds. The lowest BCUT2D eigenvalue weighted by Crippen LogP contribution is -2.43. The van der Waals surface area contributed by atoms with Gasteiger partial charge in [-0.1, -0.05) is 19.9 Å². The molecular formula is C24H32N2O4. The molecule has 1 fully saturated rings. The number of phenolic OH excluding ortho intramolecular Hbond substituents is 1. The van der Waals surface area contributed by atoms with Gasteiger partial charge in [-0.15, -0.1) is 0 Å². The van der Waals surface area contributed by atoms with E-state index in [1.54, 1.807) is 25.4 Å². The van der Waals surface area contributed by atoms with Gasteiger partial charge in [-0.2, -0.15) is 0 Å². The third-order valence-corrected chi connectivity index (χ3v) is 5.83. The fourth-order valence-corrected chi connectivity index (χ4v) is 4.47. The van der Waals surface area contributed by atoms with Crippen molar-refractivity contribution in [1.29, 1.82) is 0 Å². The van der Waals surface area contributed by atoms with Crippen molar-refractivity contribution in [3.05, 3.63) is 47.3 Å². The number of amides is 1. The maximum Gasteiger partial charge on any atom is 0.223 e. The second kappa shape index (κ2) is 9.37. The first kappa shape index (κ1) is 21.9. The average Bonchev–Trinajstić information content (AvgIpc) is 2.71. The van der Waals surface area contributed by atoms with E-state index in [2.05, 4.69) is 18.8 Å². The van der Waals surface area contributed by atoms with Gasteiger partial charge in [0.25, 0.3) is 0 Å². The van der Waals surface area contributed by atoms with Crippen molar-refractivity contribution < 1.29 is 19.4 Å².